The van der Waals surface area contributed by atoms with Crippen molar-refractivity contribution in [1.82, 2.24) is 4.98 Å². The molecule has 1 aromatic heterocycles. The second-order valence-corrected chi connectivity index (χ2v) is 6.13. The number of thiazole rings is 1. The molecule has 106 valence electrons. The van der Waals surface area contributed by atoms with Crippen molar-refractivity contribution >= 4 is 38.9 Å². The SMILES string of the molecule is CCc1cc(Br)ccc1NC(=O)c1csc(CCN)n1. The number of hydrogen-bond acceptors (Lipinski definition) is 4. The molecule has 2 rings (SSSR count). The highest BCUT2D eigenvalue weighted by Gasteiger charge is 2.12. The minimum Gasteiger partial charge on any atom is -0.330 e. The molecule has 0 radical (unpaired) electrons. The molecule has 0 aliphatic carbocycles. The number of benzene rings is 1. The quantitative estimate of drug-likeness (QED) is 0.866. The molecule has 0 saturated carbocycles. The molecule has 2 aromatic rings. The van der Waals surface area contributed by atoms with Crippen LogP contribution in [0.15, 0.2) is 28.1 Å². The number of carbonyl (C=O) groups is 1. The summed E-state index contributed by atoms with van der Waals surface area (Å²) in [5.41, 5.74) is 7.85. The van der Waals surface area contributed by atoms with Crippen LogP contribution < -0.4 is 11.1 Å². The molecule has 0 spiro atoms. The molecule has 3 N–H and O–H groups in total. The molecule has 1 aromatic carbocycles. The number of nitrogens with one attached hydrogen (secondary N) is 1. The van der Waals surface area contributed by atoms with Crippen molar-refractivity contribution in [2.24, 2.45) is 5.73 Å². The number of aromatic nitrogens is 1. The maximum Gasteiger partial charge on any atom is 0.275 e. The molecule has 0 unspecified atom stereocenters. The smallest absolute Gasteiger partial charge is 0.275 e. The van der Waals surface area contributed by atoms with Crippen LogP contribution in [-0.4, -0.2) is 17.4 Å². The van der Waals surface area contributed by atoms with E-state index in [1.165, 1.54) is 11.3 Å². The van der Waals surface area contributed by atoms with E-state index in [0.717, 1.165) is 27.2 Å². The Hall–Kier alpha value is -1.24. The summed E-state index contributed by atoms with van der Waals surface area (Å²) < 4.78 is 1.01. The van der Waals surface area contributed by atoms with Gasteiger partial charge < -0.3 is 11.1 Å². The first-order valence-electron chi connectivity index (χ1n) is 6.38. The average Bonchev–Trinajstić information content (AvgIpc) is 2.90. The number of rotatable bonds is 5. The Morgan fingerprint density at radius 1 is 1.50 bits per heavy atom. The van der Waals surface area contributed by atoms with Crippen LogP contribution in [0.5, 0.6) is 0 Å². The predicted octanol–water partition coefficient (Wildman–Crippen LogP) is 3.22. The number of nitrogens with zero attached hydrogens (tertiary/aromatic N) is 1. The van der Waals surface area contributed by atoms with Crippen LogP contribution in [0.25, 0.3) is 0 Å². The van der Waals surface area contributed by atoms with Crippen LogP contribution in [0, 0.1) is 0 Å². The van der Waals surface area contributed by atoms with Gasteiger partial charge in [0.25, 0.3) is 5.91 Å². The number of aryl methyl sites for hydroxylation is 1. The lowest BCUT2D eigenvalue weighted by molar-refractivity contribution is 0.102. The Kier molecular flexibility index (Phi) is 5.28. The van der Waals surface area contributed by atoms with Gasteiger partial charge in [-0.05, 0) is 36.7 Å². The number of anilines is 1. The van der Waals surface area contributed by atoms with Gasteiger partial charge in [0.15, 0.2) is 0 Å². The molecule has 1 amide bonds. The van der Waals surface area contributed by atoms with E-state index < -0.39 is 0 Å². The summed E-state index contributed by atoms with van der Waals surface area (Å²) in [6, 6.07) is 5.82. The third-order valence-corrected chi connectivity index (χ3v) is 4.24. The Bertz CT molecular complexity index is 612. The predicted molar refractivity (Wildman–Crippen MR) is 86.3 cm³/mol. The van der Waals surface area contributed by atoms with E-state index in [1.807, 2.05) is 18.2 Å². The van der Waals surface area contributed by atoms with Crippen molar-refractivity contribution in [3.8, 4) is 0 Å². The molecule has 0 atom stereocenters. The summed E-state index contributed by atoms with van der Waals surface area (Å²) in [5, 5.41) is 5.57. The Morgan fingerprint density at radius 2 is 2.30 bits per heavy atom. The van der Waals surface area contributed by atoms with Crippen LogP contribution in [-0.2, 0) is 12.8 Å². The standard InChI is InChI=1S/C14H16BrN3OS/c1-2-9-7-10(15)3-4-11(9)18-14(19)12-8-20-13(17-12)5-6-16/h3-4,7-8H,2,5-6,16H2,1H3,(H,18,19). The van der Waals surface area contributed by atoms with Crippen molar-refractivity contribution in [3.63, 3.8) is 0 Å². The number of amides is 1. The number of nitrogens with two attached hydrogens (primary N) is 1. The number of hydrogen-bond donors (Lipinski definition) is 2. The van der Waals surface area contributed by atoms with Gasteiger partial charge in [-0.3, -0.25) is 4.79 Å². The van der Waals surface area contributed by atoms with Gasteiger partial charge in [0.1, 0.15) is 5.69 Å². The highest BCUT2D eigenvalue weighted by molar-refractivity contribution is 9.10. The van der Waals surface area contributed by atoms with Crippen LogP contribution >= 0.6 is 27.3 Å². The van der Waals surface area contributed by atoms with Crippen molar-refractivity contribution in [1.29, 1.82) is 0 Å². The Balaban J connectivity index is 2.14. The third kappa shape index (κ3) is 3.65. The maximum atomic E-state index is 12.2. The monoisotopic (exact) mass is 353 g/mol. The summed E-state index contributed by atoms with van der Waals surface area (Å²) in [7, 11) is 0. The minimum atomic E-state index is -0.179. The van der Waals surface area contributed by atoms with Gasteiger partial charge in [0.2, 0.25) is 0 Å². The van der Waals surface area contributed by atoms with Gasteiger partial charge in [-0.25, -0.2) is 4.98 Å². The summed E-state index contributed by atoms with van der Waals surface area (Å²) >= 11 is 4.90. The highest BCUT2D eigenvalue weighted by Crippen LogP contribution is 2.22. The second kappa shape index (κ2) is 6.97. The lowest BCUT2D eigenvalue weighted by atomic mass is 10.1. The zero-order valence-corrected chi connectivity index (χ0v) is 13.6. The van der Waals surface area contributed by atoms with Crippen LogP contribution in [0.1, 0.15) is 28.0 Å². The maximum absolute atomic E-state index is 12.2. The van der Waals surface area contributed by atoms with Crippen LogP contribution in [0.3, 0.4) is 0 Å². The Labute approximate surface area is 130 Å². The summed E-state index contributed by atoms with van der Waals surface area (Å²) in [6.07, 6.45) is 1.56. The van der Waals surface area contributed by atoms with Crippen molar-refractivity contribution in [3.05, 3.63) is 44.3 Å². The lowest BCUT2D eigenvalue weighted by Crippen LogP contribution is -2.14. The minimum absolute atomic E-state index is 0.179. The topological polar surface area (TPSA) is 68.0 Å². The summed E-state index contributed by atoms with van der Waals surface area (Å²) in [4.78, 5) is 16.5. The number of carbonyl (C=O) groups excluding carboxylic acids is 1. The Morgan fingerprint density at radius 3 is 3.00 bits per heavy atom. The van der Waals surface area contributed by atoms with E-state index in [4.69, 9.17) is 5.73 Å². The number of halogens is 1. The normalized spacial score (nSPS) is 10.6. The van der Waals surface area contributed by atoms with Crippen molar-refractivity contribution in [2.45, 2.75) is 19.8 Å². The van der Waals surface area contributed by atoms with E-state index in [1.54, 1.807) is 5.38 Å². The molecule has 0 fully saturated rings. The molecule has 1 heterocycles. The van der Waals surface area contributed by atoms with Gasteiger partial charge in [0.05, 0.1) is 5.01 Å². The van der Waals surface area contributed by atoms with Gasteiger partial charge >= 0.3 is 0 Å². The van der Waals surface area contributed by atoms with Crippen molar-refractivity contribution < 1.29 is 4.79 Å². The molecular formula is C14H16BrN3OS. The third-order valence-electron chi connectivity index (χ3n) is 2.84. The van der Waals surface area contributed by atoms with Gasteiger partial charge in [-0.15, -0.1) is 11.3 Å². The molecular weight excluding hydrogens is 338 g/mol. The zero-order valence-electron chi connectivity index (χ0n) is 11.1. The molecule has 0 aliphatic heterocycles. The van der Waals surface area contributed by atoms with Gasteiger partial charge in [-0.2, -0.15) is 0 Å². The fourth-order valence-electron chi connectivity index (χ4n) is 1.82. The molecule has 4 nitrogen and oxygen atoms in total. The van der Waals surface area contributed by atoms with Crippen molar-refractivity contribution in [2.75, 3.05) is 11.9 Å². The highest BCUT2D eigenvalue weighted by atomic mass is 79.9. The fourth-order valence-corrected chi connectivity index (χ4v) is 3.02. The fraction of sp³-hybridized carbons (Fsp3) is 0.286. The molecule has 0 saturated heterocycles. The van der Waals surface area contributed by atoms with E-state index in [9.17, 15) is 4.79 Å². The van der Waals surface area contributed by atoms with E-state index in [2.05, 4.69) is 33.2 Å². The first-order chi connectivity index (χ1) is 9.63. The molecule has 0 aliphatic rings. The second-order valence-electron chi connectivity index (χ2n) is 4.27. The van der Waals surface area contributed by atoms with Gasteiger partial charge in [-0.1, -0.05) is 22.9 Å². The van der Waals surface area contributed by atoms with Crippen LogP contribution in [0.4, 0.5) is 5.69 Å². The summed E-state index contributed by atoms with van der Waals surface area (Å²) in [5.74, 6) is -0.179. The molecule has 0 bridgehead atoms. The zero-order chi connectivity index (χ0) is 14.5. The first-order valence-corrected chi connectivity index (χ1v) is 8.05. The van der Waals surface area contributed by atoms with E-state index in [-0.39, 0.29) is 5.91 Å². The molecule has 6 heteroatoms. The first kappa shape index (κ1) is 15.2. The lowest BCUT2D eigenvalue weighted by Gasteiger charge is -2.09. The van der Waals surface area contributed by atoms with Crippen LogP contribution in [0.2, 0.25) is 0 Å². The largest absolute Gasteiger partial charge is 0.330 e. The van der Waals surface area contributed by atoms with E-state index in [0.29, 0.717) is 18.7 Å². The van der Waals surface area contributed by atoms with Gasteiger partial charge in [0, 0.05) is 22.0 Å². The molecule has 20 heavy (non-hydrogen) atoms. The summed E-state index contributed by atoms with van der Waals surface area (Å²) in [6.45, 7) is 2.60. The van der Waals surface area contributed by atoms with E-state index >= 15 is 0 Å². The average molecular weight is 354 g/mol.